The molecule has 0 radical (unpaired) electrons. The summed E-state index contributed by atoms with van der Waals surface area (Å²) in [4.78, 5) is 17.7. The van der Waals surface area contributed by atoms with Gasteiger partial charge in [-0.2, -0.15) is 0 Å². The lowest BCUT2D eigenvalue weighted by atomic mass is 9.88. The molecule has 0 saturated heterocycles. The van der Waals surface area contributed by atoms with Gasteiger partial charge < -0.3 is 0 Å². The van der Waals surface area contributed by atoms with Crippen molar-refractivity contribution in [3.63, 3.8) is 0 Å². The average molecular weight is 765 g/mol. The summed E-state index contributed by atoms with van der Waals surface area (Å²) in [5.74, 6) is -0.534. The van der Waals surface area contributed by atoms with Gasteiger partial charge in [0.2, 0.25) is 0 Å². The molecule has 280 valence electrons. The number of nitrogens with zero attached hydrogens (tertiary/aromatic N) is 4. The Hall–Kier alpha value is -7.95. The largest absolute Gasteiger partial charge is 0.275 e. The van der Waals surface area contributed by atoms with Crippen molar-refractivity contribution in [2.24, 2.45) is 9.98 Å². The highest BCUT2D eigenvalue weighted by Gasteiger charge is 2.45. The first-order chi connectivity index (χ1) is 29.7. The number of imidazole rings is 1. The molecule has 0 aliphatic carbocycles. The van der Waals surface area contributed by atoms with Crippen LogP contribution in [0.25, 0.3) is 77.7 Å². The van der Waals surface area contributed by atoms with Crippen LogP contribution in [-0.2, 0) is 5.79 Å². The first kappa shape index (κ1) is 34.1. The van der Waals surface area contributed by atoms with Crippen LogP contribution >= 0.6 is 0 Å². The van der Waals surface area contributed by atoms with Crippen LogP contribution in [0.3, 0.4) is 0 Å². The van der Waals surface area contributed by atoms with Gasteiger partial charge in [-0.1, -0.05) is 218 Å². The van der Waals surface area contributed by atoms with Crippen molar-refractivity contribution in [2.75, 3.05) is 0 Å². The number of fused-ring (bicyclic) bond motifs is 2. The van der Waals surface area contributed by atoms with Crippen LogP contribution in [0.1, 0.15) is 16.7 Å². The molecule has 0 saturated carbocycles. The maximum atomic E-state index is 5.95. The van der Waals surface area contributed by atoms with Crippen LogP contribution in [0.5, 0.6) is 0 Å². The molecule has 1 aromatic heterocycles. The first-order valence-electron chi connectivity index (χ1n) is 20.5. The van der Waals surface area contributed by atoms with E-state index in [2.05, 4.69) is 223 Å². The number of hydrogen-bond acceptors (Lipinski definition) is 3. The quantitative estimate of drug-likeness (QED) is 0.176. The molecule has 3 aliphatic rings. The summed E-state index contributed by atoms with van der Waals surface area (Å²) in [6.07, 6.45) is 0. The molecule has 0 amide bonds. The molecule has 0 N–H and O–H groups in total. The van der Waals surface area contributed by atoms with Crippen LogP contribution in [0, 0.1) is 0 Å². The Morgan fingerprint density at radius 1 is 0.350 bits per heavy atom. The third-order valence-corrected chi connectivity index (χ3v) is 12.1. The monoisotopic (exact) mass is 764 g/mol. The van der Waals surface area contributed by atoms with Crippen LogP contribution < -0.4 is 0 Å². The molecule has 9 aromatic carbocycles. The molecule has 0 atom stereocenters. The van der Waals surface area contributed by atoms with E-state index in [1.807, 2.05) is 0 Å². The number of aromatic nitrogens is 2. The summed E-state index contributed by atoms with van der Waals surface area (Å²) in [6.45, 7) is 0. The molecule has 13 rings (SSSR count). The van der Waals surface area contributed by atoms with Crippen molar-refractivity contribution in [2.45, 2.75) is 5.79 Å². The van der Waals surface area contributed by atoms with E-state index < -0.39 is 5.79 Å². The number of hydrogen-bond donors (Lipinski definition) is 0. The lowest BCUT2D eigenvalue weighted by Crippen LogP contribution is -2.31. The van der Waals surface area contributed by atoms with Crippen LogP contribution in [0.2, 0.25) is 0 Å². The summed E-state index contributed by atoms with van der Waals surface area (Å²) in [7, 11) is 0. The maximum Gasteiger partial charge on any atom is 0.261 e. The molecule has 60 heavy (non-hydrogen) atoms. The molecule has 0 unspecified atom stereocenters. The zero-order valence-electron chi connectivity index (χ0n) is 32.6. The second kappa shape index (κ2) is 13.6. The predicted octanol–water partition coefficient (Wildman–Crippen LogP) is 13.5. The van der Waals surface area contributed by atoms with Crippen molar-refractivity contribution in [3.8, 4) is 56.2 Å². The molecular formula is C56H36N4. The van der Waals surface area contributed by atoms with E-state index in [1.165, 1.54) is 27.5 Å². The van der Waals surface area contributed by atoms with Gasteiger partial charge in [-0.3, -0.25) is 4.57 Å². The third-order valence-electron chi connectivity index (χ3n) is 12.1. The van der Waals surface area contributed by atoms with Crippen molar-refractivity contribution in [1.82, 2.24) is 9.55 Å². The van der Waals surface area contributed by atoms with Gasteiger partial charge in [0.05, 0.1) is 22.8 Å². The number of aliphatic imine (C=N–C) groups is 2. The van der Waals surface area contributed by atoms with E-state index in [0.717, 1.165) is 78.4 Å². The molecule has 6 bridgehead atoms. The van der Waals surface area contributed by atoms with E-state index >= 15 is 0 Å². The molecular weight excluding hydrogens is 729 g/mol. The van der Waals surface area contributed by atoms with Gasteiger partial charge in [0, 0.05) is 33.4 Å². The predicted molar refractivity (Wildman–Crippen MR) is 247 cm³/mol. The normalized spacial score (nSPS) is 13.7. The Kier molecular flexibility index (Phi) is 7.72. The standard InChI is InChI=1S/C56H36N4/c1-5-17-39(18-6-1)51-52(40-19-7-2-8-20-40)59-56(58-51)43-35-33-37(34-36-43)44-27-13-25-38-26-14-31-48(50(38)44)46-29-15-30-47-45(46)28-16-32-49(47)55-57-53(41-21-9-3-10-22-41)54(60(55)56)42-23-11-4-12-24-42/h1-36H. The molecule has 4 heterocycles. The van der Waals surface area contributed by atoms with Crippen LogP contribution in [-0.4, -0.2) is 21.0 Å². The minimum absolute atomic E-state index is 0.782. The van der Waals surface area contributed by atoms with E-state index in [4.69, 9.17) is 15.0 Å². The molecule has 10 aromatic rings. The van der Waals surface area contributed by atoms with Crippen molar-refractivity contribution in [1.29, 1.82) is 0 Å². The summed E-state index contributed by atoms with van der Waals surface area (Å²) in [5.41, 5.74) is 14.1. The van der Waals surface area contributed by atoms with E-state index in [9.17, 15) is 0 Å². The van der Waals surface area contributed by atoms with Crippen molar-refractivity contribution >= 4 is 33.0 Å². The van der Waals surface area contributed by atoms with E-state index in [0.29, 0.717) is 0 Å². The smallest absolute Gasteiger partial charge is 0.261 e. The fourth-order valence-electron chi connectivity index (χ4n) is 9.38. The summed E-state index contributed by atoms with van der Waals surface area (Å²) in [6, 6.07) is 77.7. The first-order valence-corrected chi connectivity index (χ1v) is 20.5. The van der Waals surface area contributed by atoms with Gasteiger partial charge in [0.1, 0.15) is 5.82 Å². The lowest BCUT2D eigenvalue weighted by molar-refractivity contribution is 0.409. The minimum atomic E-state index is -1.32. The zero-order chi connectivity index (χ0) is 39.6. The zero-order valence-corrected chi connectivity index (χ0v) is 32.6. The van der Waals surface area contributed by atoms with Gasteiger partial charge in [0.25, 0.3) is 5.79 Å². The highest BCUT2D eigenvalue weighted by molar-refractivity contribution is 6.54. The fraction of sp³-hybridized carbons (Fsp3) is 0.0179. The second-order valence-electron chi connectivity index (χ2n) is 15.5. The van der Waals surface area contributed by atoms with Crippen molar-refractivity contribution in [3.05, 3.63) is 235 Å². The van der Waals surface area contributed by atoms with Gasteiger partial charge in [0.15, 0.2) is 0 Å². The minimum Gasteiger partial charge on any atom is -0.275 e. The molecule has 4 nitrogen and oxygen atoms in total. The van der Waals surface area contributed by atoms with Gasteiger partial charge >= 0.3 is 0 Å². The van der Waals surface area contributed by atoms with Crippen LogP contribution in [0.4, 0.5) is 0 Å². The Balaban J connectivity index is 1.31. The molecule has 4 heteroatoms. The lowest BCUT2D eigenvalue weighted by Gasteiger charge is -2.30. The highest BCUT2D eigenvalue weighted by Crippen LogP contribution is 2.49. The van der Waals surface area contributed by atoms with Gasteiger partial charge in [-0.05, 0) is 43.8 Å². The Labute approximate surface area is 348 Å². The Morgan fingerprint density at radius 3 is 1.43 bits per heavy atom. The number of rotatable bonds is 4. The Morgan fingerprint density at radius 2 is 0.833 bits per heavy atom. The van der Waals surface area contributed by atoms with E-state index in [1.54, 1.807) is 0 Å². The summed E-state index contributed by atoms with van der Waals surface area (Å²) < 4.78 is 2.33. The summed E-state index contributed by atoms with van der Waals surface area (Å²) >= 11 is 0. The maximum absolute atomic E-state index is 5.95. The Bertz CT molecular complexity index is 3270. The summed E-state index contributed by atoms with van der Waals surface area (Å²) in [5, 5.41) is 4.69. The molecule has 1 spiro atoms. The van der Waals surface area contributed by atoms with Gasteiger partial charge in [-0.25, -0.2) is 15.0 Å². The van der Waals surface area contributed by atoms with Gasteiger partial charge in [-0.15, -0.1) is 0 Å². The average Bonchev–Trinajstić information content (AvgIpc) is 3.93. The third kappa shape index (κ3) is 5.21. The van der Waals surface area contributed by atoms with Crippen molar-refractivity contribution < 1.29 is 0 Å². The second-order valence-corrected chi connectivity index (χ2v) is 15.5. The molecule has 0 fully saturated rings. The SMILES string of the molecule is c1ccc(C2=NC3(N=C2c2ccccc2)c2ccc(cc2)-c2cccc4cccc(c24)-c2cccc4c(cccc24)-c2nc(-c4ccccc4)c(-c4ccccc4)n23)cc1. The topological polar surface area (TPSA) is 42.5 Å². The molecule has 3 aliphatic heterocycles. The van der Waals surface area contributed by atoms with Crippen LogP contribution in [0.15, 0.2) is 228 Å². The highest BCUT2D eigenvalue weighted by atomic mass is 15.4. The number of benzene rings is 9. The fourth-order valence-corrected chi connectivity index (χ4v) is 9.38. The van der Waals surface area contributed by atoms with E-state index in [-0.39, 0.29) is 0 Å².